The van der Waals surface area contributed by atoms with Crippen LogP contribution in [0.3, 0.4) is 0 Å². The van der Waals surface area contributed by atoms with Gasteiger partial charge in [0.15, 0.2) is 6.10 Å². The van der Waals surface area contributed by atoms with Crippen LogP contribution < -0.4 is 5.32 Å². The fourth-order valence-electron chi connectivity index (χ4n) is 5.72. The first-order chi connectivity index (χ1) is 12.3. The molecule has 1 amide bonds. The van der Waals surface area contributed by atoms with Gasteiger partial charge in [-0.1, -0.05) is 6.07 Å². The van der Waals surface area contributed by atoms with Crippen LogP contribution in [0.1, 0.15) is 61.4 Å². The number of hydrogen-bond donors (Lipinski definition) is 2. The SMILES string of the molecule is Cc1ccc(C(=O)O[C@@H](C)C(=O)NC23CC4CC(CC(C4)C2)C3)c(O)c1. The van der Waals surface area contributed by atoms with Gasteiger partial charge < -0.3 is 15.2 Å². The summed E-state index contributed by atoms with van der Waals surface area (Å²) in [6, 6.07) is 4.77. The molecule has 0 heterocycles. The van der Waals surface area contributed by atoms with E-state index in [2.05, 4.69) is 5.32 Å². The van der Waals surface area contributed by atoms with Gasteiger partial charge in [-0.3, -0.25) is 4.79 Å². The second-order valence-corrected chi connectivity index (χ2v) is 8.76. The quantitative estimate of drug-likeness (QED) is 0.811. The molecule has 4 aliphatic carbocycles. The van der Waals surface area contributed by atoms with Gasteiger partial charge in [0.2, 0.25) is 0 Å². The third-order valence-corrected chi connectivity index (χ3v) is 6.45. The van der Waals surface area contributed by atoms with E-state index in [1.165, 1.54) is 31.4 Å². The first-order valence-corrected chi connectivity index (χ1v) is 9.66. The summed E-state index contributed by atoms with van der Waals surface area (Å²) >= 11 is 0. The Bertz CT molecular complexity index is 706. The molecule has 140 valence electrons. The minimum Gasteiger partial charge on any atom is -0.507 e. The van der Waals surface area contributed by atoms with E-state index in [1.807, 2.05) is 6.92 Å². The van der Waals surface area contributed by atoms with Crippen molar-refractivity contribution < 1.29 is 19.4 Å². The molecule has 4 fully saturated rings. The van der Waals surface area contributed by atoms with E-state index < -0.39 is 12.1 Å². The van der Waals surface area contributed by atoms with Crippen molar-refractivity contribution >= 4 is 11.9 Å². The molecule has 2 N–H and O–H groups in total. The molecule has 0 radical (unpaired) electrons. The van der Waals surface area contributed by atoms with E-state index in [0.717, 1.165) is 42.6 Å². The predicted octanol–water partition coefficient (Wildman–Crippen LogP) is 3.33. The summed E-state index contributed by atoms with van der Waals surface area (Å²) in [4.78, 5) is 25.0. The first kappa shape index (κ1) is 17.4. The van der Waals surface area contributed by atoms with Crippen molar-refractivity contribution in [3.8, 4) is 5.75 Å². The molecule has 1 aromatic rings. The molecular formula is C21H27NO4. The lowest BCUT2D eigenvalue weighted by atomic mass is 9.53. The Kier molecular flexibility index (Phi) is 4.20. The molecule has 5 heteroatoms. The van der Waals surface area contributed by atoms with Gasteiger partial charge in [0.1, 0.15) is 11.3 Å². The lowest BCUT2D eigenvalue weighted by molar-refractivity contribution is -0.134. The lowest BCUT2D eigenvalue weighted by Crippen LogP contribution is -2.61. The zero-order valence-electron chi connectivity index (χ0n) is 15.5. The number of nitrogens with one attached hydrogen (secondary N) is 1. The van der Waals surface area contributed by atoms with Crippen molar-refractivity contribution in [1.82, 2.24) is 5.32 Å². The number of hydrogen-bond acceptors (Lipinski definition) is 4. The van der Waals surface area contributed by atoms with Crippen molar-refractivity contribution in [2.45, 2.75) is 64.0 Å². The molecular weight excluding hydrogens is 330 g/mol. The number of benzene rings is 1. The Morgan fingerprint density at radius 3 is 2.27 bits per heavy atom. The number of esters is 1. The summed E-state index contributed by atoms with van der Waals surface area (Å²) in [7, 11) is 0. The molecule has 5 rings (SSSR count). The topological polar surface area (TPSA) is 75.6 Å². The maximum atomic E-state index is 12.7. The largest absolute Gasteiger partial charge is 0.507 e. The fraction of sp³-hybridized carbons (Fsp3) is 0.619. The molecule has 5 nitrogen and oxygen atoms in total. The number of phenols is 1. The fourth-order valence-corrected chi connectivity index (χ4v) is 5.72. The number of aromatic hydroxyl groups is 1. The Morgan fingerprint density at radius 2 is 1.73 bits per heavy atom. The Hall–Kier alpha value is -2.04. The maximum absolute atomic E-state index is 12.7. The highest BCUT2D eigenvalue weighted by atomic mass is 16.5. The van der Waals surface area contributed by atoms with E-state index in [0.29, 0.717) is 0 Å². The summed E-state index contributed by atoms with van der Waals surface area (Å²) in [5.41, 5.74) is 0.843. The highest BCUT2D eigenvalue weighted by Crippen LogP contribution is 2.55. The Morgan fingerprint density at radius 1 is 1.15 bits per heavy atom. The molecule has 4 aliphatic rings. The van der Waals surface area contributed by atoms with Crippen molar-refractivity contribution in [3.05, 3.63) is 29.3 Å². The zero-order valence-corrected chi connectivity index (χ0v) is 15.5. The average Bonchev–Trinajstić information content (AvgIpc) is 2.52. The van der Waals surface area contributed by atoms with E-state index in [-0.39, 0.29) is 22.8 Å². The van der Waals surface area contributed by atoms with Gasteiger partial charge in [-0.25, -0.2) is 4.79 Å². The summed E-state index contributed by atoms with van der Waals surface area (Å²) < 4.78 is 5.32. The Balaban J connectivity index is 1.40. The van der Waals surface area contributed by atoms with E-state index >= 15 is 0 Å². The molecule has 1 aromatic carbocycles. The average molecular weight is 357 g/mol. The summed E-state index contributed by atoms with van der Waals surface area (Å²) in [5.74, 6) is 1.20. The van der Waals surface area contributed by atoms with Crippen molar-refractivity contribution in [3.63, 3.8) is 0 Å². The van der Waals surface area contributed by atoms with Gasteiger partial charge in [-0.05, 0) is 87.8 Å². The molecule has 26 heavy (non-hydrogen) atoms. The van der Waals surface area contributed by atoms with E-state index in [1.54, 1.807) is 13.0 Å². The second kappa shape index (κ2) is 6.29. The van der Waals surface area contributed by atoms with Crippen LogP contribution in [0.15, 0.2) is 18.2 Å². The van der Waals surface area contributed by atoms with E-state index in [9.17, 15) is 14.7 Å². The number of amides is 1. The number of carbonyl (C=O) groups excluding carboxylic acids is 2. The molecule has 1 atom stereocenters. The highest BCUT2D eigenvalue weighted by Gasteiger charge is 2.51. The minimum absolute atomic E-state index is 0.0880. The molecule has 0 aromatic heterocycles. The summed E-state index contributed by atoms with van der Waals surface area (Å²) in [6.45, 7) is 3.43. The second-order valence-electron chi connectivity index (χ2n) is 8.76. The number of phenolic OH excluding ortho intramolecular Hbond substituents is 1. The van der Waals surface area contributed by atoms with E-state index in [4.69, 9.17) is 4.74 Å². The van der Waals surface area contributed by atoms with Crippen LogP contribution in [-0.4, -0.2) is 28.6 Å². The zero-order chi connectivity index (χ0) is 18.5. The Labute approximate surface area is 154 Å². The smallest absolute Gasteiger partial charge is 0.342 e. The van der Waals surface area contributed by atoms with Gasteiger partial charge in [-0.2, -0.15) is 0 Å². The van der Waals surface area contributed by atoms with Crippen molar-refractivity contribution in [2.75, 3.05) is 0 Å². The van der Waals surface area contributed by atoms with Crippen LogP contribution in [0.4, 0.5) is 0 Å². The van der Waals surface area contributed by atoms with Gasteiger partial charge in [0.25, 0.3) is 5.91 Å². The third-order valence-electron chi connectivity index (χ3n) is 6.45. The number of rotatable bonds is 4. The molecule has 0 saturated heterocycles. The third kappa shape index (κ3) is 3.19. The molecule has 0 spiro atoms. The summed E-state index contributed by atoms with van der Waals surface area (Å²) in [6.07, 6.45) is 6.24. The highest BCUT2D eigenvalue weighted by molar-refractivity contribution is 5.94. The monoisotopic (exact) mass is 357 g/mol. The normalized spacial score (nSPS) is 32.9. The maximum Gasteiger partial charge on any atom is 0.342 e. The molecule has 0 aliphatic heterocycles. The van der Waals surface area contributed by atoms with Gasteiger partial charge in [0, 0.05) is 5.54 Å². The van der Waals surface area contributed by atoms with Gasteiger partial charge in [0.05, 0.1) is 0 Å². The van der Waals surface area contributed by atoms with Crippen LogP contribution >= 0.6 is 0 Å². The van der Waals surface area contributed by atoms with Crippen molar-refractivity contribution in [2.24, 2.45) is 17.8 Å². The van der Waals surface area contributed by atoms with Crippen molar-refractivity contribution in [1.29, 1.82) is 0 Å². The van der Waals surface area contributed by atoms with Crippen LogP contribution in [0.5, 0.6) is 5.75 Å². The molecule has 0 unspecified atom stereocenters. The van der Waals surface area contributed by atoms with Gasteiger partial charge in [-0.15, -0.1) is 0 Å². The van der Waals surface area contributed by atoms with Crippen LogP contribution in [0, 0.1) is 24.7 Å². The first-order valence-electron chi connectivity index (χ1n) is 9.66. The molecule has 4 saturated carbocycles. The lowest BCUT2D eigenvalue weighted by Gasteiger charge is -2.57. The number of carbonyl (C=O) groups is 2. The predicted molar refractivity (Wildman–Crippen MR) is 96.8 cm³/mol. The minimum atomic E-state index is -0.879. The molecule has 4 bridgehead atoms. The summed E-state index contributed by atoms with van der Waals surface area (Å²) in [5, 5.41) is 13.1. The number of aryl methyl sites for hydroxylation is 1. The van der Waals surface area contributed by atoms with Crippen LogP contribution in [0.25, 0.3) is 0 Å². The van der Waals surface area contributed by atoms with Gasteiger partial charge >= 0.3 is 5.97 Å². The van der Waals surface area contributed by atoms with Crippen LogP contribution in [0.2, 0.25) is 0 Å². The standard InChI is InChI=1S/C21H27NO4/c1-12-3-4-17(18(23)5-12)20(25)26-13(2)19(24)22-21-9-14-6-15(10-21)8-16(7-14)11-21/h3-5,13-16,23H,6-11H2,1-2H3,(H,22,24)/t13-,14?,15?,16?,21?/m0/s1. The van der Waals surface area contributed by atoms with Crippen LogP contribution in [-0.2, 0) is 9.53 Å². The number of ether oxygens (including phenoxy) is 1.